The number of hydrogen-bond donors (Lipinski definition) is 0. The predicted molar refractivity (Wildman–Crippen MR) is 109 cm³/mol. The van der Waals surface area contributed by atoms with E-state index in [1.165, 1.54) is 22.3 Å². The van der Waals surface area contributed by atoms with E-state index in [1.807, 2.05) is 42.5 Å². The minimum Gasteiger partial charge on any atom is -0.184 e. The maximum absolute atomic E-state index is 3.05. The molecule has 0 saturated carbocycles. The van der Waals surface area contributed by atoms with Crippen LogP contribution in [0.15, 0.2) is 109 Å². The maximum atomic E-state index is 3.05. The number of hydrogen-bond acceptors (Lipinski definition) is 0. The number of benzene rings is 4. The molecule has 1 heteroatoms. The molecule has 0 atom stereocenters. The SMILES string of the molecule is [W+2].[c-]1ccc(Cc2ccc(Cc3ccccc3)cc2)cc1.[c-]1ccccc1. The van der Waals surface area contributed by atoms with Gasteiger partial charge in [-0.2, -0.15) is 72.3 Å². The van der Waals surface area contributed by atoms with Crippen LogP contribution in [0.1, 0.15) is 22.3 Å². The second-order valence-corrected chi connectivity index (χ2v) is 6.14. The second kappa shape index (κ2) is 12.0. The topological polar surface area (TPSA) is 0 Å². The molecule has 0 radical (unpaired) electrons. The van der Waals surface area contributed by atoms with Gasteiger partial charge in [-0.25, -0.2) is 0 Å². The molecule has 4 aromatic carbocycles. The molecule has 0 aliphatic heterocycles. The van der Waals surface area contributed by atoms with E-state index in [4.69, 9.17) is 0 Å². The van der Waals surface area contributed by atoms with Gasteiger partial charge < -0.3 is 0 Å². The van der Waals surface area contributed by atoms with Crippen LogP contribution in [0.5, 0.6) is 0 Å². The van der Waals surface area contributed by atoms with E-state index in [9.17, 15) is 0 Å². The van der Waals surface area contributed by atoms with E-state index < -0.39 is 0 Å². The Kier molecular flexibility index (Phi) is 9.31. The Hall–Kier alpha value is -2.43. The van der Waals surface area contributed by atoms with Crippen molar-refractivity contribution in [3.8, 4) is 0 Å². The number of rotatable bonds is 4. The van der Waals surface area contributed by atoms with Crippen LogP contribution >= 0.6 is 0 Å². The van der Waals surface area contributed by atoms with Crippen LogP contribution in [0.25, 0.3) is 0 Å². The van der Waals surface area contributed by atoms with Crippen LogP contribution in [0.4, 0.5) is 0 Å². The first-order valence-electron chi connectivity index (χ1n) is 8.88. The molecule has 0 fully saturated rings. The molecule has 0 aromatic heterocycles. The van der Waals surface area contributed by atoms with Crippen LogP contribution in [0, 0.1) is 12.1 Å². The first-order chi connectivity index (χ1) is 12.9. The summed E-state index contributed by atoms with van der Waals surface area (Å²) in [5.41, 5.74) is 5.41. The summed E-state index contributed by atoms with van der Waals surface area (Å²) < 4.78 is 0. The molecular weight excluding hydrogens is 496 g/mol. The molecular formula is C26H22W. The Morgan fingerprint density at radius 1 is 0.407 bits per heavy atom. The van der Waals surface area contributed by atoms with Gasteiger partial charge in [0, 0.05) is 0 Å². The van der Waals surface area contributed by atoms with Crippen LogP contribution in [0.3, 0.4) is 0 Å². The third-order valence-corrected chi connectivity index (χ3v) is 4.08. The fourth-order valence-electron chi connectivity index (χ4n) is 2.72. The Morgan fingerprint density at radius 3 is 1.26 bits per heavy atom. The molecule has 132 valence electrons. The molecule has 0 nitrogen and oxygen atoms in total. The van der Waals surface area contributed by atoms with Gasteiger partial charge in [0.1, 0.15) is 0 Å². The summed E-state index contributed by atoms with van der Waals surface area (Å²) in [4.78, 5) is 0. The van der Waals surface area contributed by atoms with Gasteiger partial charge >= 0.3 is 21.1 Å². The summed E-state index contributed by atoms with van der Waals surface area (Å²) in [6.45, 7) is 0. The van der Waals surface area contributed by atoms with Crippen molar-refractivity contribution in [2.45, 2.75) is 12.8 Å². The summed E-state index contributed by atoms with van der Waals surface area (Å²) in [5.74, 6) is 0. The van der Waals surface area contributed by atoms with Crippen molar-refractivity contribution in [1.82, 2.24) is 0 Å². The van der Waals surface area contributed by atoms with Crippen molar-refractivity contribution < 1.29 is 21.1 Å². The maximum Gasteiger partial charge on any atom is 2.00 e. The molecule has 4 aromatic rings. The van der Waals surface area contributed by atoms with Crippen LogP contribution in [-0.4, -0.2) is 0 Å². The van der Waals surface area contributed by atoms with Gasteiger partial charge in [0.05, 0.1) is 0 Å². The molecule has 0 spiro atoms. The van der Waals surface area contributed by atoms with Crippen molar-refractivity contribution in [2.75, 3.05) is 0 Å². The van der Waals surface area contributed by atoms with E-state index in [-0.39, 0.29) is 21.1 Å². The molecule has 27 heavy (non-hydrogen) atoms. The average Bonchev–Trinajstić information content (AvgIpc) is 2.73. The summed E-state index contributed by atoms with van der Waals surface area (Å²) in [7, 11) is 0. The fourth-order valence-corrected chi connectivity index (χ4v) is 2.72. The van der Waals surface area contributed by atoms with Crippen LogP contribution in [0.2, 0.25) is 0 Å². The average molecular weight is 518 g/mol. The predicted octanol–water partition coefficient (Wildman–Crippen LogP) is 6.15. The molecule has 0 aliphatic rings. The monoisotopic (exact) mass is 518 g/mol. The Labute approximate surface area is 177 Å². The third kappa shape index (κ3) is 7.77. The van der Waals surface area contributed by atoms with E-state index in [0.29, 0.717) is 0 Å². The fraction of sp³-hybridized carbons (Fsp3) is 0.0769. The molecule has 0 N–H and O–H groups in total. The zero-order valence-electron chi connectivity index (χ0n) is 15.2. The van der Waals surface area contributed by atoms with Gasteiger partial charge in [0.15, 0.2) is 0 Å². The molecule has 0 amide bonds. The first-order valence-corrected chi connectivity index (χ1v) is 8.88. The second-order valence-electron chi connectivity index (χ2n) is 6.14. The van der Waals surface area contributed by atoms with E-state index in [2.05, 4.69) is 78.9 Å². The van der Waals surface area contributed by atoms with E-state index >= 15 is 0 Å². The van der Waals surface area contributed by atoms with Crippen molar-refractivity contribution in [3.63, 3.8) is 0 Å². The molecule has 0 bridgehead atoms. The summed E-state index contributed by atoms with van der Waals surface area (Å²) in [6, 6.07) is 43.3. The third-order valence-electron chi connectivity index (χ3n) is 4.08. The van der Waals surface area contributed by atoms with Gasteiger partial charge in [0.25, 0.3) is 0 Å². The summed E-state index contributed by atoms with van der Waals surface area (Å²) >= 11 is 0. The zero-order chi connectivity index (χ0) is 17.9. The minimum atomic E-state index is 0. The van der Waals surface area contributed by atoms with Gasteiger partial charge in [0.2, 0.25) is 0 Å². The molecule has 4 rings (SSSR count). The van der Waals surface area contributed by atoms with Crippen LogP contribution in [-0.2, 0) is 33.9 Å². The van der Waals surface area contributed by atoms with E-state index in [1.54, 1.807) is 0 Å². The Balaban J connectivity index is 0.000000320. The van der Waals surface area contributed by atoms with Crippen molar-refractivity contribution >= 4 is 0 Å². The van der Waals surface area contributed by atoms with Crippen LogP contribution < -0.4 is 0 Å². The van der Waals surface area contributed by atoms with Crippen molar-refractivity contribution in [2.24, 2.45) is 0 Å². The summed E-state index contributed by atoms with van der Waals surface area (Å²) in [6.07, 6.45) is 1.99. The normalized spacial score (nSPS) is 9.48. The zero-order valence-corrected chi connectivity index (χ0v) is 18.1. The van der Waals surface area contributed by atoms with Gasteiger partial charge in [-0.1, -0.05) is 54.6 Å². The van der Waals surface area contributed by atoms with Crippen molar-refractivity contribution in [1.29, 1.82) is 0 Å². The van der Waals surface area contributed by atoms with Gasteiger partial charge in [-0.15, -0.1) is 0 Å². The standard InChI is InChI=1S/C20H17.C6H5.W/c1-3-7-17(8-4-1)15-19-11-13-20(14-12-19)16-18-9-5-2-6-10-18;1-2-4-6-5-3-1;/h1,3-14H,15-16H2;1-5H;/q2*-1;+2. The Bertz CT molecular complexity index is 767. The molecule has 0 aliphatic carbocycles. The van der Waals surface area contributed by atoms with Gasteiger partial charge in [-0.3, -0.25) is 0 Å². The van der Waals surface area contributed by atoms with E-state index in [0.717, 1.165) is 12.8 Å². The molecule has 0 unspecified atom stereocenters. The smallest absolute Gasteiger partial charge is 0.184 e. The first kappa shape index (κ1) is 20.9. The Morgan fingerprint density at radius 2 is 0.815 bits per heavy atom. The summed E-state index contributed by atoms with van der Waals surface area (Å²) in [5, 5.41) is 0. The molecule has 0 heterocycles. The largest absolute Gasteiger partial charge is 2.00 e. The quantitative estimate of drug-likeness (QED) is 0.285. The minimum absolute atomic E-state index is 0. The van der Waals surface area contributed by atoms with Crippen molar-refractivity contribution in [3.05, 3.63) is 144 Å². The van der Waals surface area contributed by atoms with Gasteiger partial charge in [-0.05, 0) is 29.5 Å². The molecule has 0 saturated heterocycles.